The van der Waals surface area contributed by atoms with Crippen LogP contribution in [0.3, 0.4) is 0 Å². The summed E-state index contributed by atoms with van der Waals surface area (Å²) in [6, 6.07) is 18.8. The maximum atomic E-state index is 13.3. The second-order valence-corrected chi connectivity index (χ2v) is 8.62. The predicted octanol–water partition coefficient (Wildman–Crippen LogP) is 5.42. The molecule has 2 unspecified atom stereocenters. The standard InChI is InChI=1S/C24H23BrN2O4/c1-27-13-19(22-12-11-21(31-22)15-3-7-17(25)8-4-15)20(14-27)23(28)16-5-9-18(10-6-16)26-24(29)30-2/h3-12,19-20H,13-14H2,1-2H3,(H,26,29). The van der Waals surface area contributed by atoms with E-state index < -0.39 is 6.09 Å². The molecule has 1 saturated heterocycles. The Morgan fingerprint density at radius 2 is 1.74 bits per heavy atom. The van der Waals surface area contributed by atoms with E-state index in [-0.39, 0.29) is 17.6 Å². The average molecular weight is 483 g/mol. The van der Waals surface area contributed by atoms with Gasteiger partial charge in [-0.1, -0.05) is 28.1 Å². The van der Waals surface area contributed by atoms with Crippen LogP contribution < -0.4 is 5.32 Å². The molecule has 0 saturated carbocycles. The molecule has 0 radical (unpaired) electrons. The smallest absolute Gasteiger partial charge is 0.411 e. The Kier molecular flexibility index (Phi) is 6.25. The molecule has 7 heteroatoms. The molecule has 0 spiro atoms. The van der Waals surface area contributed by atoms with E-state index >= 15 is 0 Å². The van der Waals surface area contributed by atoms with Gasteiger partial charge >= 0.3 is 6.09 Å². The van der Waals surface area contributed by atoms with Crippen molar-refractivity contribution in [1.29, 1.82) is 0 Å². The first-order valence-corrected chi connectivity index (χ1v) is 10.8. The molecule has 0 aliphatic carbocycles. The first kappa shape index (κ1) is 21.3. The fourth-order valence-corrected chi connectivity index (χ4v) is 4.24. The van der Waals surface area contributed by atoms with Gasteiger partial charge in [-0.25, -0.2) is 4.79 Å². The lowest BCUT2D eigenvalue weighted by molar-refractivity contribution is 0.0911. The van der Waals surface area contributed by atoms with Gasteiger partial charge < -0.3 is 14.1 Å². The van der Waals surface area contributed by atoms with E-state index in [1.165, 1.54) is 7.11 Å². The highest BCUT2D eigenvalue weighted by Gasteiger charge is 2.39. The number of Topliss-reactive ketones (excluding diaryl/α,β-unsaturated/α-hetero) is 1. The normalized spacial score (nSPS) is 18.7. The molecule has 2 aromatic carbocycles. The summed E-state index contributed by atoms with van der Waals surface area (Å²) in [5.74, 6) is 1.47. The number of ketones is 1. The number of hydrogen-bond donors (Lipinski definition) is 1. The lowest BCUT2D eigenvalue weighted by atomic mass is 9.87. The third-order valence-electron chi connectivity index (χ3n) is 5.56. The summed E-state index contributed by atoms with van der Waals surface area (Å²) in [4.78, 5) is 26.8. The molecule has 3 aromatic rings. The van der Waals surface area contributed by atoms with Gasteiger partial charge in [-0.2, -0.15) is 0 Å². The molecule has 1 aromatic heterocycles. The molecule has 2 atom stereocenters. The second-order valence-electron chi connectivity index (χ2n) is 7.70. The van der Waals surface area contributed by atoms with Crippen molar-refractivity contribution in [3.05, 3.63) is 76.5 Å². The Labute approximate surface area is 189 Å². The Bertz CT molecular complexity index is 1080. The third kappa shape index (κ3) is 4.73. The number of anilines is 1. The zero-order valence-electron chi connectivity index (χ0n) is 17.3. The summed E-state index contributed by atoms with van der Waals surface area (Å²) in [5, 5.41) is 2.59. The zero-order chi connectivity index (χ0) is 22.0. The predicted molar refractivity (Wildman–Crippen MR) is 122 cm³/mol. The van der Waals surface area contributed by atoms with E-state index in [9.17, 15) is 9.59 Å². The summed E-state index contributed by atoms with van der Waals surface area (Å²) in [5.41, 5.74) is 2.19. The molecular weight excluding hydrogens is 460 g/mol. The highest BCUT2D eigenvalue weighted by Crippen LogP contribution is 2.37. The van der Waals surface area contributed by atoms with Crippen LogP contribution in [-0.2, 0) is 4.74 Å². The van der Waals surface area contributed by atoms with Crippen molar-refractivity contribution in [3.8, 4) is 11.3 Å². The number of furan rings is 1. The number of carbonyl (C=O) groups excluding carboxylic acids is 2. The number of carbonyl (C=O) groups is 2. The van der Waals surface area contributed by atoms with Crippen molar-refractivity contribution in [2.75, 3.05) is 32.6 Å². The fourth-order valence-electron chi connectivity index (χ4n) is 3.98. The van der Waals surface area contributed by atoms with Crippen LogP contribution in [0.4, 0.5) is 10.5 Å². The van der Waals surface area contributed by atoms with Crippen LogP contribution >= 0.6 is 15.9 Å². The number of methoxy groups -OCH3 is 1. The molecule has 1 fully saturated rings. The van der Waals surface area contributed by atoms with Gasteiger partial charge in [0.2, 0.25) is 0 Å². The Morgan fingerprint density at radius 3 is 2.42 bits per heavy atom. The highest BCUT2D eigenvalue weighted by atomic mass is 79.9. The van der Waals surface area contributed by atoms with Crippen molar-refractivity contribution in [2.24, 2.45) is 5.92 Å². The number of hydrogen-bond acceptors (Lipinski definition) is 5. The molecule has 1 aliphatic heterocycles. The van der Waals surface area contributed by atoms with Gasteiger partial charge in [0, 0.05) is 46.2 Å². The summed E-state index contributed by atoms with van der Waals surface area (Å²) in [6.07, 6.45) is -0.545. The fraction of sp³-hybridized carbons (Fsp3) is 0.250. The molecule has 1 N–H and O–H groups in total. The van der Waals surface area contributed by atoms with Gasteiger partial charge in [0.25, 0.3) is 0 Å². The number of halogens is 1. The molecule has 1 aliphatic rings. The van der Waals surface area contributed by atoms with E-state index in [0.29, 0.717) is 17.8 Å². The number of likely N-dealkylation sites (tertiary alicyclic amines) is 1. The number of nitrogens with zero attached hydrogens (tertiary/aromatic N) is 1. The van der Waals surface area contributed by atoms with Gasteiger partial charge in [-0.15, -0.1) is 0 Å². The van der Waals surface area contributed by atoms with Gasteiger partial charge in [-0.3, -0.25) is 10.1 Å². The van der Waals surface area contributed by atoms with Crippen molar-refractivity contribution in [1.82, 2.24) is 4.90 Å². The van der Waals surface area contributed by atoms with Gasteiger partial charge in [-0.05, 0) is 55.6 Å². The summed E-state index contributed by atoms with van der Waals surface area (Å²) in [7, 11) is 3.32. The van der Waals surface area contributed by atoms with E-state index in [4.69, 9.17) is 4.42 Å². The molecule has 0 bridgehead atoms. The first-order chi connectivity index (χ1) is 14.9. The number of benzene rings is 2. The topological polar surface area (TPSA) is 71.8 Å². The van der Waals surface area contributed by atoms with Crippen LogP contribution in [0.2, 0.25) is 0 Å². The number of nitrogens with one attached hydrogen (secondary N) is 1. The SMILES string of the molecule is COC(=O)Nc1ccc(C(=O)C2CN(C)CC2c2ccc(-c3ccc(Br)cc3)o2)cc1. The average Bonchev–Trinajstić information content (AvgIpc) is 3.41. The quantitative estimate of drug-likeness (QED) is 0.491. The summed E-state index contributed by atoms with van der Waals surface area (Å²) < 4.78 is 11.8. The van der Waals surface area contributed by atoms with Crippen LogP contribution in [0.25, 0.3) is 11.3 Å². The molecule has 2 heterocycles. The minimum atomic E-state index is -0.545. The highest BCUT2D eigenvalue weighted by molar-refractivity contribution is 9.10. The molecule has 1 amide bonds. The summed E-state index contributed by atoms with van der Waals surface area (Å²) >= 11 is 3.45. The van der Waals surface area contributed by atoms with Crippen LogP contribution in [0.15, 0.2) is 69.6 Å². The van der Waals surface area contributed by atoms with Crippen LogP contribution in [0.1, 0.15) is 22.0 Å². The van der Waals surface area contributed by atoms with Crippen LogP contribution in [0, 0.1) is 5.92 Å². The van der Waals surface area contributed by atoms with E-state index in [0.717, 1.165) is 28.1 Å². The number of ether oxygens (including phenoxy) is 1. The van der Waals surface area contributed by atoms with E-state index in [1.807, 2.05) is 43.4 Å². The molecule has 31 heavy (non-hydrogen) atoms. The van der Waals surface area contributed by atoms with E-state index in [1.54, 1.807) is 24.3 Å². The number of amides is 1. The van der Waals surface area contributed by atoms with E-state index in [2.05, 4.69) is 30.9 Å². The van der Waals surface area contributed by atoms with Crippen molar-refractivity contribution < 1.29 is 18.7 Å². The van der Waals surface area contributed by atoms with Crippen LogP contribution in [-0.4, -0.2) is 44.0 Å². The Hall–Kier alpha value is -2.90. The first-order valence-electron chi connectivity index (χ1n) is 9.98. The minimum Gasteiger partial charge on any atom is -0.461 e. The molecule has 6 nitrogen and oxygen atoms in total. The second kappa shape index (κ2) is 9.08. The number of rotatable bonds is 5. The van der Waals surface area contributed by atoms with Gasteiger partial charge in [0.1, 0.15) is 11.5 Å². The molecular formula is C24H23BrN2O4. The minimum absolute atomic E-state index is 0.0189. The van der Waals surface area contributed by atoms with Crippen molar-refractivity contribution in [2.45, 2.75) is 5.92 Å². The largest absolute Gasteiger partial charge is 0.461 e. The Balaban J connectivity index is 1.53. The lowest BCUT2D eigenvalue weighted by Crippen LogP contribution is -2.22. The Morgan fingerprint density at radius 1 is 1.03 bits per heavy atom. The third-order valence-corrected chi connectivity index (χ3v) is 6.09. The van der Waals surface area contributed by atoms with Crippen LogP contribution in [0.5, 0.6) is 0 Å². The zero-order valence-corrected chi connectivity index (χ0v) is 18.9. The van der Waals surface area contributed by atoms with Gasteiger partial charge in [0.05, 0.1) is 7.11 Å². The lowest BCUT2D eigenvalue weighted by Gasteiger charge is -2.16. The van der Waals surface area contributed by atoms with Crippen molar-refractivity contribution in [3.63, 3.8) is 0 Å². The maximum Gasteiger partial charge on any atom is 0.411 e. The molecule has 4 rings (SSSR count). The van der Waals surface area contributed by atoms with Crippen molar-refractivity contribution >= 4 is 33.5 Å². The monoisotopic (exact) mass is 482 g/mol. The van der Waals surface area contributed by atoms with Gasteiger partial charge in [0.15, 0.2) is 5.78 Å². The number of likely N-dealkylation sites (N-methyl/N-ethyl adjacent to an activating group) is 1. The molecule has 160 valence electrons. The summed E-state index contributed by atoms with van der Waals surface area (Å²) in [6.45, 7) is 1.42. The maximum absolute atomic E-state index is 13.3.